The Morgan fingerprint density at radius 3 is 2.84 bits per heavy atom. The van der Waals surface area contributed by atoms with E-state index < -0.39 is 0 Å². The second-order valence-electron chi connectivity index (χ2n) is 7.09. The summed E-state index contributed by atoms with van der Waals surface area (Å²) >= 11 is 6.70. The average Bonchev–Trinajstić information content (AvgIpc) is 2.85. The summed E-state index contributed by atoms with van der Waals surface area (Å²) in [5, 5.41) is 4.21. The van der Waals surface area contributed by atoms with Gasteiger partial charge in [-0.3, -0.25) is 20.2 Å². The molecular formula is C16H23N5O2S2. The molecule has 0 aromatic carbocycles. The van der Waals surface area contributed by atoms with E-state index in [-0.39, 0.29) is 17.2 Å². The maximum atomic E-state index is 12.9. The molecule has 3 rings (SSSR count). The minimum absolute atomic E-state index is 0.0627. The highest BCUT2D eigenvalue weighted by Crippen LogP contribution is 2.37. The third-order valence-electron chi connectivity index (χ3n) is 4.02. The second-order valence-corrected chi connectivity index (χ2v) is 8.58. The Hall–Kier alpha value is -1.71. The van der Waals surface area contributed by atoms with Crippen molar-refractivity contribution in [3.63, 3.8) is 0 Å². The molecule has 2 aromatic rings. The van der Waals surface area contributed by atoms with Crippen LogP contribution in [-0.4, -0.2) is 26.3 Å². The summed E-state index contributed by atoms with van der Waals surface area (Å²) in [6.07, 6.45) is 0.715. The van der Waals surface area contributed by atoms with Gasteiger partial charge in [0, 0.05) is 24.4 Å². The molecule has 0 fully saturated rings. The topological polar surface area (TPSA) is 80.2 Å². The van der Waals surface area contributed by atoms with Gasteiger partial charge in [-0.1, -0.05) is 0 Å². The predicted octanol–water partition coefficient (Wildman–Crippen LogP) is 2.05. The van der Waals surface area contributed by atoms with E-state index in [2.05, 4.69) is 21.2 Å². The van der Waals surface area contributed by atoms with Crippen LogP contribution in [0.15, 0.2) is 4.79 Å². The number of aromatic nitrogens is 2. The highest BCUT2D eigenvalue weighted by Gasteiger charge is 2.31. The summed E-state index contributed by atoms with van der Waals surface area (Å²) in [7, 11) is 1.70. The maximum absolute atomic E-state index is 12.9. The van der Waals surface area contributed by atoms with Crippen molar-refractivity contribution in [3.8, 4) is 0 Å². The Kier molecular flexibility index (Phi) is 4.74. The number of hydrogen-bond acceptors (Lipinski definition) is 6. The van der Waals surface area contributed by atoms with Gasteiger partial charge in [-0.05, 0) is 45.5 Å². The number of thiocarbonyl (C=S) groups is 1. The second kappa shape index (κ2) is 6.54. The average molecular weight is 382 g/mol. The molecule has 136 valence electrons. The largest absolute Gasteiger partial charge is 0.370 e. The molecule has 2 aromatic heterocycles. The molecule has 1 aliphatic rings. The normalized spacial score (nSPS) is 15.9. The number of hydrazine groups is 1. The van der Waals surface area contributed by atoms with Crippen LogP contribution >= 0.6 is 23.6 Å². The minimum Gasteiger partial charge on any atom is -0.370 e. The molecule has 0 saturated heterocycles. The molecule has 0 unspecified atom stereocenters. The van der Waals surface area contributed by atoms with Crippen LogP contribution in [0.4, 0.5) is 5.95 Å². The molecule has 9 heteroatoms. The Bertz CT molecular complexity index is 885. The molecule has 25 heavy (non-hydrogen) atoms. The summed E-state index contributed by atoms with van der Waals surface area (Å²) in [6.45, 7) is 8.59. The molecule has 0 spiro atoms. The first-order valence-corrected chi connectivity index (χ1v) is 9.38. The van der Waals surface area contributed by atoms with E-state index in [1.807, 2.05) is 27.7 Å². The number of anilines is 1. The highest BCUT2D eigenvalue weighted by atomic mass is 32.1. The first-order valence-electron chi connectivity index (χ1n) is 8.15. The molecule has 0 aliphatic carbocycles. The first kappa shape index (κ1) is 18.1. The van der Waals surface area contributed by atoms with Gasteiger partial charge in [-0.25, -0.2) is 4.98 Å². The van der Waals surface area contributed by atoms with Crippen LogP contribution in [0.3, 0.4) is 0 Å². The van der Waals surface area contributed by atoms with E-state index in [1.165, 1.54) is 15.9 Å². The molecule has 0 saturated carbocycles. The predicted molar refractivity (Wildman–Crippen MR) is 105 cm³/mol. The van der Waals surface area contributed by atoms with Crippen molar-refractivity contribution in [2.24, 2.45) is 7.05 Å². The summed E-state index contributed by atoms with van der Waals surface area (Å²) in [5.74, 6) is 0.421. The number of fused-ring (bicyclic) bond motifs is 3. The number of thiophene rings is 1. The van der Waals surface area contributed by atoms with Gasteiger partial charge in [0.2, 0.25) is 5.95 Å². The van der Waals surface area contributed by atoms with Gasteiger partial charge < -0.3 is 10.1 Å². The van der Waals surface area contributed by atoms with Crippen molar-refractivity contribution >= 4 is 44.8 Å². The van der Waals surface area contributed by atoms with E-state index in [1.54, 1.807) is 7.05 Å². The van der Waals surface area contributed by atoms with Gasteiger partial charge in [0.1, 0.15) is 4.83 Å². The van der Waals surface area contributed by atoms with Crippen LogP contribution in [0.1, 0.15) is 38.1 Å². The van der Waals surface area contributed by atoms with Crippen molar-refractivity contribution in [1.82, 2.24) is 20.3 Å². The van der Waals surface area contributed by atoms with Crippen molar-refractivity contribution < 1.29 is 4.74 Å². The Balaban J connectivity index is 1.95. The van der Waals surface area contributed by atoms with E-state index >= 15 is 0 Å². The zero-order valence-corrected chi connectivity index (χ0v) is 16.7. The van der Waals surface area contributed by atoms with Crippen LogP contribution in [0.2, 0.25) is 0 Å². The van der Waals surface area contributed by atoms with Crippen LogP contribution < -0.4 is 21.7 Å². The lowest BCUT2D eigenvalue weighted by Gasteiger charge is -2.29. The third-order valence-corrected chi connectivity index (χ3v) is 5.34. The first-order chi connectivity index (χ1) is 11.7. The Labute approximate surface area is 155 Å². The van der Waals surface area contributed by atoms with Crippen LogP contribution in [0.25, 0.3) is 10.2 Å². The fourth-order valence-corrected chi connectivity index (χ4v) is 4.18. The molecule has 3 heterocycles. The quantitative estimate of drug-likeness (QED) is 0.555. The lowest BCUT2D eigenvalue weighted by atomic mass is 9.94. The molecule has 3 N–H and O–H groups in total. The summed E-state index contributed by atoms with van der Waals surface area (Å²) in [5.41, 5.74) is 6.53. The van der Waals surface area contributed by atoms with Gasteiger partial charge in [-0.2, -0.15) is 0 Å². The molecule has 7 nitrogen and oxygen atoms in total. The summed E-state index contributed by atoms with van der Waals surface area (Å²) in [6, 6.07) is 0.216. The minimum atomic E-state index is -0.265. The van der Waals surface area contributed by atoms with Gasteiger partial charge in [0.15, 0.2) is 5.11 Å². The molecule has 0 atom stereocenters. The van der Waals surface area contributed by atoms with Crippen LogP contribution in [-0.2, 0) is 24.8 Å². The standard InChI is InChI=1S/C16H23N5O2S2/c1-8(2)17-15(24)20-19-14-18-12-11(13(22)21(14)5)9-6-16(3,4)23-7-10(9)25-12/h8H,6-7H2,1-5H3,(H,18,19)(H2,17,20,24). The maximum Gasteiger partial charge on any atom is 0.263 e. The SMILES string of the molecule is CC(C)NC(=S)NNc1nc2sc3c(c2c(=O)n1C)CC(C)(C)OC3. The number of hydrogen-bond donors (Lipinski definition) is 3. The number of rotatable bonds is 3. The van der Waals surface area contributed by atoms with Crippen molar-refractivity contribution in [3.05, 3.63) is 20.8 Å². The Morgan fingerprint density at radius 1 is 1.44 bits per heavy atom. The van der Waals surface area contributed by atoms with Gasteiger partial charge in [-0.15, -0.1) is 11.3 Å². The van der Waals surface area contributed by atoms with Gasteiger partial charge >= 0.3 is 0 Å². The molecular weight excluding hydrogens is 358 g/mol. The van der Waals surface area contributed by atoms with E-state index in [0.717, 1.165) is 15.3 Å². The molecule has 1 aliphatic heterocycles. The molecule has 0 radical (unpaired) electrons. The van der Waals surface area contributed by atoms with Crippen molar-refractivity contribution in [2.45, 2.75) is 52.4 Å². The van der Waals surface area contributed by atoms with Crippen molar-refractivity contribution in [2.75, 3.05) is 5.43 Å². The summed E-state index contributed by atoms with van der Waals surface area (Å²) < 4.78 is 7.36. The third kappa shape index (κ3) is 3.63. The highest BCUT2D eigenvalue weighted by molar-refractivity contribution is 7.80. The Morgan fingerprint density at radius 2 is 2.16 bits per heavy atom. The van der Waals surface area contributed by atoms with Gasteiger partial charge in [0.25, 0.3) is 5.56 Å². The van der Waals surface area contributed by atoms with Gasteiger partial charge in [0.05, 0.1) is 17.6 Å². The molecule has 0 amide bonds. The fourth-order valence-electron chi connectivity index (χ4n) is 2.80. The van der Waals surface area contributed by atoms with Crippen LogP contribution in [0, 0.1) is 0 Å². The van der Waals surface area contributed by atoms with Crippen molar-refractivity contribution in [1.29, 1.82) is 0 Å². The number of ether oxygens (including phenoxy) is 1. The van der Waals surface area contributed by atoms with E-state index in [9.17, 15) is 4.79 Å². The fraction of sp³-hybridized carbons (Fsp3) is 0.562. The van der Waals surface area contributed by atoms with E-state index in [0.29, 0.717) is 29.5 Å². The summed E-state index contributed by atoms with van der Waals surface area (Å²) in [4.78, 5) is 19.3. The zero-order valence-electron chi connectivity index (χ0n) is 15.0. The zero-order chi connectivity index (χ0) is 18.4. The number of nitrogens with one attached hydrogen (secondary N) is 3. The smallest absolute Gasteiger partial charge is 0.263 e. The monoisotopic (exact) mass is 381 g/mol. The lowest BCUT2D eigenvalue weighted by Crippen LogP contribution is -2.43. The lowest BCUT2D eigenvalue weighted by molar-refractivity contribution is -0.0379. The van der Waals surface area contributed by atoms with E-state index in [4.69, 9.17) is 17.0 Å². The molecule has 0 bridgehead atoms. The number of nitrogens with zero attached hydrogens (tertiary/aromatic N) is 2. The van der Waals surface area contributed by atoms with Crippen LogP contribution in [0.5, 0.6) is 0 Å².